The van der Waals surface area contributed by atoms with Gasteiger partial charge in [0.1, 0.15) is 0 Å². The average molecular weight is 237 g/mol. The van der Waals surface area contributed by atoms with Crippen molar-refractivity contribution in [3.8, 4) is 0 Å². The van der Waals surface area contributed by atoms with Crippen LogP contribution < -0.4 is 5.32 Å². The highest BCUT2D eigenvalue weighted by Crippen LogP contribution is 2.29. The zero-order valence-electron chi connectivity index (χ0n) is 11.1. The first kappa shape index (κ1) is 12.6. The number of rotatable bonds is 2. The molecule has 1 atom stereocenters. The van der Waals surface area contributed by atoms with Gasteiger partial charge in [-0.2, -0.15) is 0 Å². The van der Waals surface area contributed by atoms with Crippen LogP contribution in [0.5, 0.6) is 0 Å². The van der Waals surface area contributed by atoms with Crippen LogP contribution in [0.4, 0.5) is 0 Å². The molecule has 0 unspecified atom stereocenters. The first-order valence-electron chi connectivity index (χ1n) is 6.61. The normalized spacial score (nSPS) is 27.2. The summed E-state index contributed by atoms with van der Waals surface area (Å²) in [6, 6.07) is 0.266. The minimum Gasteiger partial charge on any atom is -0.375 e. The Hall–Kier alpha value is -0.830. The molecule has 1 aliphatic carbocycles. The van der Waals surface area contributed by atoms with Gasteiger partial charge in [0, 0.05) is 18.2 Å². The molecule has 0 aromatic rings. The molecule has 1 N–H and O–H groups in total. The van der Waals surface area contributed by atoms with E-state index in [2.05, 4.69) is 19.2 Å². The average Bonchev–Trinajstić information content (AvgIpc) is 2.12. The van der Waals surface area contributed by atoms with E-state index in [-0.39, 0.29) is 17.6 Å². The Morgan fingerprint density at radius 3 is 2.65 bits per heavy atom. The predicted octanol–water partition coefficient (Wildman–Crippen LogP) is 2.56. The Labute approximate surface area is 104 Å². The van der Waals surface area contributed by atoms with E-state index in [0.29, 0.717) is 0 Å². The molecule has 2 rings (SSSR count). The lowest BCUT2D eigenvalue weighted by atomic mass is 9.87. The SMILES string of the molecule is CC(C(=O)N[C@@H]1CCOC(C)(C)C1)=C1CCC1. The predicted molar refractivity (Wildman–Crippen MR) is 67.7 cm³/mol. The summed E-state index contributed by atoms with van der Waals surface area (Å²) in [6.07, 6.45) is 5.29. The summed E-state index contributed by atoms with van der Waals surface area (Å²) < 4.78 is 5.65. The Morgan fingerprint density at radius 2 is 2.12 bits per heavy atom. The maximum atomic E-state index is 12.0. The molecule has 3 heteroatoms. The van der Waals surface area contributed by atoms with Gasteiger partial charge < -0.3 is 10.1 Å². The number of allylic oxidation sites excluding steroid dienone is 1. The van der Waals surface area contributed by atoms with Crippen molar-refractivity contribution >= 4 is 5.91 Å². The maximum absolute atomic E-state index is 12.0. The Morgan fingerprint density at radius 1 is 1.41 bits per heavy atom. The van der Waals surface area contributed by atoms with Crippen LogP contribution in [0.3, 0.4) is 0 Å². The zero-order chi connectivity index (χ0) is 12.5. The molecule has 96 valence electrons. The van der Waals surface area contributed by atoms with E-state index >= 15 is 0 Å². The molecule has 1 saturated carbocycles. The standard InChI is InChI=1S/C14H23NO2/c1-10(11-5-4-6-11)13(16)15-12-7-8-17-14(2,3)9-12/h12H,4-9H2,1-3H3,(H,15,16)/t12-/m1/s1. The first-order valence-corrected chi connectivity index (χ1v) is 6.61. The molecule has 17 heavy (non-hydrogen) atoms. The van der Waals surface area contributed by atoms with Crippen LogP contribution >= 0.6 is 0 Å². The molecule has 1 amide bonds. The number of hydrogen-bond acceptors (Lipinski definition) is 2. The molecular weight excluding hydrogens is 214 g/mol. The van der Waals surface area contributed by atoms with Gasteiger partial charge in [-0.25, -0.2) is 0 Å². The summed E-state index contributed by atoms with van der Waals surface area (Å²) in [5.74, 6) is 0.127. The van der Waals surface area contributed by atoms with Gasteiger partial charge in [0.2, 0.25) is 5.91 Å². The summed E-state index contributed by atoms with van der Waals surface area (Å²) in [5, 5.41) is 3.15. The van der Waals surface area contributed by atoms with Crippen molar-refractivity contribution in [3.63, 3.8) is 0 Å². The minimum atomic E-state index is -0.103. The van der Waals surface area contributed by atoms with E-state index in [9.17, 15) is 4.79 Å². The second-order valence-electron chi connectivity index (χ2n) is 5.85. The molecular formula is C14H23NO2. The fourth-order valence-corrected chi connectivity index (χ4v) is 2.54. The molecule has 0 spiro atoms. The van der Waals surface area contributed by atoms with E-state index in [4.69, 9.17) is 4.74 Å². The molecule has 1 aliphatic heterocycles. The smallest absolute Gasteiger partial charge is 0.247 e. The molecule has 1 heterocycles. The lowest BCUT2D eigenvalue weighted by Gasteiger charge is -2.36. The van der Waals surface area contributed by atoms with Crippen LogP contribution in [0.2, 0.25) is 0 Å². The van der Waals surface area contributed by atoms with Crippen molar-refractivity contribution in [3.05, 3.63) is 11.1 Å². The molecule has 0 aromatic heterocycles. The highest BCUT2D eigenvalue weighted by Gasteiger charge is 2.30. The van der Waals surface area contributed by atoms with Crippen LogP contribution in [0, 0.1) is 0 Å². The minimum absolute atomic E-state index is 0.103. The number of hydrogen-bond donors (Lipinski definition) is 1. The maximum Gasteiger partial charge on any atom is 0.247 e. The van der Waals surface area contributed by atoms with Crippen molar-refractivity contribution in [1.29, 1.82) is 0 Å². The highest BCUT2D eigenvalue weighted by atomic mass is 16.5. The van der Waals surface area contributed by atoms with Gasteiger partial charge in [0.15, 0.2) is 0 Å². The summed E-state index contributed by atoms with van der Waals surface area (Å²) in [5.41, 5.74) is 2.18. The van der Waals surface area contributed by atoms with E-state index in [1.165, 1.54) is 12.0 Å². The number of ether oxygens (including phenoxy) is 1. The summed E-state index contributed by atoms with van der Waals surface area (Å²) >= 11 is 0. The van der Waals surface area contributed by atoms with Crippen LogP contribution in [-0.4, -0.2) is 24.2 Å². The molecule has 2 aliphatic rings. The first-order chi connectivity index (χ1) is 7.98. The molecule has 0 aromatic carbocycles. The number of carbonyl (C=O) groups excluding carboxylic acids is 1. The van der Waals surface area contributed by atoms with Crippen LogP contribution in [-0.2, 0) is 9.53 Å². The van der Waals surface area contributed by atoms with Crippen LogP contribution in [0.15, 0.2) is 11.1 Å². The van der Waals surface area contributed by atoms with Gasteiger partial charge in [-0.05, 0) is 52.9 Å². The van der Waals surface area contributed by atoms with Gasteiger partial charge in [-0.1, -0.05) is 5.57 Å². The molecule has 3 nitrogen and oxygen atoms in total. The Kier molecular flexibility index (Phi) is 3.57. The second kappa shape index (κ2) is 4.81. The van der Waals surface area contributed by atoms with E-state index < -0.39 is 0 Å². The van der Waals surface area contributed by atoms with Crippen molar-refractivity contribution in [2.75, 3.05) is 6.61 Å². The zero-order valence-corrected chi connectivity index (χ0v) is 11.1. The van der Waals surface area contributed by atoms with Gasteiger partial charge in [-0.15, -0.1) is 0 Å². The largest absolute Gasteiger partial charge is 0.375 e. The lowest BCUT2D eigenvalue weighted by Crippen LogP contribution is -2.46. The van der Waals surface area contributed by atoms with Crippen molar-refractivity contribution in [2.24, 2.45) is 0 Å². The number of nitrogens with one attached hydrogen (secondary N) is 1. The number of amides is 1. The van der Waals surface area contributed by atoms with Crippen LogP contribution in [0.25, 0.3) is 0 Å². The summed E-state index contributed by atoms with van der Waals surface area (Å²) in [7, 11) is 0. The summed E-state index contributed by atoms with van der Waals surface area (Å²) in [6.45, 7) is 6.87. The Bertz CT molecular complexity index is 338. The fourth-order valence-electron chi connectivity index (χ4n) is 2.54. The fraction of sp³-hybridized carbons (Fsp3) is 0.786. The van der Waals surface area contributed by atoms with E-state index in [1.807, 2.05) is 6.92 Å². The van der Waals surface area contributed by atoms with Gasteiger partial charge in [0.25, 0.3) is 0 Å². The molecule has 2 fully saturated rings. The highest BCUT2D eigenvalue weighted by molar-refractivity contribution is 5.94. The van der Waals surface area contributed by atoms with Gasteiger partial charge in [-0.3, -0.25) is 4.79 Å². The third-order valence-electron chi connectivity index (χ3n) is 3.86. The van der Waals surface area contributed by atoms with E-state index in [1.54, 1.807) is 0 Å². The van der Waals surface area contributed by atoms with Crippen molar-refractivity contribution in [1.82, 2.24) is 5.32 Å². The van der Waals surface area contributed by atoms with E-state index in [0.717, 1.165) is 37.9 Å². The van der Waals surface area contributed by atoms with Gasteiger partial charge in [0.05, 0.1) is 5.60 Å². The van der Waals surface area contributed by atoms with Crippen molar-refractivity contribution in [2.45, 2.75) is 64.5 Å². The number of carbonyl (C=O) groups is 1. The summed E-state index contributed by atoms with van der Waals surface area (Å²) in [4.78, 5) is 12.0. The molecule has 0 bridgehead atoms. The second-order valence-corrected chi connectivity index (χ2v) is 5.85. The molecule has 1 saturated heterocycles. The topological polar surface area (TPSA) is 38.3 Å². The third-order valence-corrected chi connectivity index (χ3v) is 3.86. The van der Waals surface area contributed by atoms with Crippen molar-refractivity contribution < 1.29 is 9.53 Å². The molecule has 0 radical (unpaired) electrons. The van der Waals surface area contributed by atoms with Crippen LogP contribution in [0.1, 0.15) is 52.9 Å². The monoisotopic (exact) mass is 237 g/mol. The third kappa shape index (κ3) is 3.09. The Balaban J connectivity index is 1.90. The lowest BCUT2D eigenvalue weighted by molar-refractivity contribution is -0.120. The van der Waals surface area contributed by atoms with Gasteiger partial charge >= 0.3 is 0 Å². The quantitative estimate of drug-likeness (QED) is 0.750.